The number of alkyl halides is 3. The third-order valence-electron chi connectivity index (χ3n) is 5.88. The molecule has 1 heterocycles. The van der Waals surface area contributed by atoms with Crippen LogP contribution >= 0.6 is 11.6 Å². The van der Waals surface area contributed by atoms with Gasteiger partial charge in [-0.15, -0.1) is 0 Å². The molecule has 0 unspecified atom stereocenters. The molecule has 1 fully saturated rings. The number of hydrogen-bond acceptors (Lipinski definition) is 3. The van der Waals surface area contributed by atoms with Gasteiger partial charge in [0.1, 0.15) is 5.75 Å². The zero-order valence-corrected chi connectivity index (χ0v) is 17.6. The van der Waals surface area contributed by atoms with Crippen LogP contribution in [0, 0.1) is 0 Å². The van der Waals surface area contributed by atoms with Crippen LogP contribution in [-0.2, 0) is 12.7 Å². The number of aliphatic hydroxyl groups excluding tert-OH is 1. The molecule has 4 rings (SSSR count). The van der Waals surface area contributed by atoms with Gasteiger partial charge in [0.25, 0.3) is 0 Å². The van der Waals surface area contributed by atoms with Crippen molar-refractivity contribution in [1.82, 2.24) is 9.13 Å². The molecule has 1 aliphatic rings. The van der Waals surface area contributed by atoms with Crippen molar-refractivity contribution in [1.29, 1.82) is 0 Å². The van der Waals surface area contributed by atoms with Crippen molar-refractivity contribution in [2.75, 3.05) is 7.11 Å². The molecule has 1 saturated carbocycles. The van der Waals surface area contributed by atoms with Gasteiger partial charge in [0.05, 0.1) is 41.4 Å². The summed E-state index contributed by atoms with van der Waals surface area (Å²) in [6.07, 6.45) is -2.63. The highest BCUT2D eigenvalue weighted by Crippen LogP contribution is 2.34. The number of methoxy groups -OCH3 is 1. The second kappa shape index (κ2) is 8.24. The van der Waals surface area contributed by atoms with Crippen LogP contribution in [0.2, 0.25) is 5.02 Å². The number of rotatable bonds is 4. The van der Waals surface area contributed by atoms with Crippen LogP contribution in [0.15, 0.2) is 41.2 Å². The minimum atomic E-state index is -4.52. The van der Waals surface area contributed by atoms with Crippen LogP contribution in [0.5, 0.6) is 5.75 Å². The summed E-state index contributed by atoms with van der Waals surface area (Å²) in [5.74, 6) is 0.473. The van der Waals surface area contributed by atoms with Gasteiger partial charge in [-0.1, -0.05) is 17.7 Å². The molecular formula is C22H22ClF3N2O3. The first-order valence-electron chi connectivity index (χ1n) is 10.0. The van der Waals surface area contributed by atoms with Crippen molar-refractivity contribution in [3.05, 3.63) is 63.0 Å². The molecule has 0 atom stereocenters. The summed E-state index contributed by atoms with van der Waals surface area (Å²) in [5, 5.41) is 10.2. The standard InChI is InChI=1S/C22H22ClF3N2O3/c1-31-20-9-2-13(10-17(20)23)12-27-19-11-14(22(24,25)26)3-8-18(19)28(21(27)30)15-4-6-16(29)7-5-15/h2-3,8-11,15-16,29H,4-7,12H2,1H3/t15-,16-. The maximum Gasteiger partial charge on any atom is 0.416 e. The summed E-state index contributed by atoms with van der Waals surface area (Å²) < 4.78 is 48.2. The van der Waals surface area contributed by atoms with Crippen molar-refractivity contribution >= 4 is 22.6 Å². The maximum absolute atomic E-state index is 13.4. The van der Waals surface area contributed by atoms with Gasteiger partial charge in [-0.05, 0) is 61.6 Å². The van der Waals surface area contributed by atoms with Gasteiger partial charge in [-0.3, -0.25) is 9.13 Å². The number of hydrogen-bond donors (Lipinski definition) is 1. The van der Waals surface area contributed by atoms with E-state index in [9.17, 15) is 23.1 Å². The predicted octanol–water partition coefficient (Wildman–Crippen LogP) is 5.01. The summed E-state index contributed by atoms with van der Waals surface area (Å²) >= 11 is 6.19. The van der Waals surface area contributed by atoms with Gasteiger partial charge >= 0.3 is 11.9 Å². The molecule has 0 radical (unpaired) electrons. The average Bonchev–Trinajstić information content (AvgIpc) is 2.99. The second-order valence-corrected chi connectivity index (χ2v) is 8.28. The number of benzene rings is 2. The number of nitrogens with zero attached hydrogens (tertiary/aromatic N) is 2. The molecule has 0 amide bonds. The molecule has 1 N–H and O–H groups in total. The second-order valence-electron chi connectivity index (χ2n) is 7.87. The molecule has 0 spiro atoms. The molecule has 0 saturated heterocycles. The Hall–Kier alpha value is -2.45. The van der Waals surface area contributed by atoms with Crippen LogP contribution < -0.4 is 10.4 Å². The molecule has 1 aliphatic carbocycles. The summed E-state index contributed by atoms with van der Waals surface area (Å²) in [5.41, 5.74) is 0.167. The Kier molecular flexibility index (Phi) is 5.79. The average molecular weight is 455 g/mol. The first-order chi connectivity index (χ1) is 14.7. The van der Waals surface area contributed by atoms with Crippen LogP contribution in [0.3, 0.4) is 0 Å². The van der Waals surface area contributed by atoms with Crippen molar-refractivity contribution in [2.24, 2.45) is 0 Å². The third-order valence-corrected chi connectivity index (χ3v) is 6.17. The summed E-state index contributed by atoms with van der Waals surface area (Å²) in [7, 11) is 1.48. The van der Waals surface area contributed by atoms with Crippen molar-refractivity contribution in [3.8, 4) is 5.75 Å². The van der Waals surface area contributed by atoms with E-state index in [0.29, 0.717) is 47.5 Å². The minimum Gasteiger partial charge on any atom is -0.495 e. The van der Waals surface area contributed by atoms with Gasteiger partial charge in [0.15, 0.2) is 0 Å². The van der Waals surface area contributed by atoms with E-state index >= 15 is 0 Å². The molecule has 2 aromatic carbocycles. The number of halogens is 4. The van der Waals surface area contributed by atoms with E-state index in [1.807, 2.05) is 0 Å². The van der Waals surface area contributed by atoms with Gasteiger partial charge in [-0.2, -0.15) is 13.2 Å². The molecular weight excluding hydrogens is 433 g/mol. The molecule has 1 aromatic heterocycles. The highest BCUT2D eigenvalue weighted by molar-refractivity contribution is 6.32. The van der Waals surface area contributed by atoms with Crippen LogP contribution in [0.4, 0.5) is 13.2 Å². The van der Waals surface area contributed by atoms with Crippen LogP contribution in [-0.4, -0.2) is 27.5 Å². The number of fused-ring (bicyclic) bond motifs is 1. The van der Waals surface area contributed by atoms with E-state index in [0.717, 1.165) is 12.1 Å². The molecule has 166 valence electrons. The quantitative estimate of drug-likeness (QED) is 0.603. The Morgan fingerprint density at radius 1 is 1.10 bits per heavy atom. The topological polar surface area (TPSA) is 56.4 Å². The van der Waals surface area contributed by atoms with Crippen molar-refractivity contribution < 1.29 is 23.0 Å². The van der Waals surface area contributed by atoms with Crippen molar-refractivity contribution in [2.45, 2.75) is 50.6 Å². The fourth-order valence-corrected chi connectivity index (χ4v) is 4.55. The summed E-state index contributed by atoms with van der Waals surface area (Å²) in [6.45, 7) is 0.0721. The fourth-order valence-electron chi connectivity index (χ4n) is 4.27. The smallest absolute Gasteiger partial charge is 0.416 e. The monoisotopic (exact) mass is 454 g/mol. The minimum absolute atomic E-state index is 0.0721. The summed E-state index contributed by atoms with van der Waals surface area (Å²) in [6, 6.07) is 8.25. The lowest BCUT2D eigenvalue weighted by Gasteiger charge is -2.26. The molecule has 31 heavy (non-hydrogen) atoms. The highest BCUT2D eigenvalue weighted by atomic mass is 35.5. The molecule has 3 aromatic rings. The zero-order chi connectivity index (χ0) is 22.3. The van der Waals surface area contributed by atoms with Gasteiger partial charge in [-0.25, -0.2) is 4.79 Å². The Labute approximate surface area is 181 Å². The lowest BCUT2D eigenvalue weighted by atomic mass is 9.93. The molecule has 9 heteroatoms. The number of aromatic nitrogens is 2. The van der Waals surface area contributed by atoms with E-state index in [1.165, 1.54) is 17.7 Å². The van der Waals surface area contributed by atoms with Gasteiger partial charge in [0, 0.05) is 6.04 Å². The maximum atomic E-state index is 13.4. The molecule has 5 nitrogen and oxygen atoms in total. The van der Waals surface area contributed by atoms with Gasteiger partial charge in [0.2, 0.25) is 0 Å². The van der Waals surface area contributed by atoms with Crippen molar-refractivity contribution in [3.63, 3.8) is 0 Å². The first-order valence-corrected chi connectivity index (χ1v) is 10.4. The Bertz CT molecular complexity index is 1160. The molecule has 0 aliphatic heterocycles. The summed E-state index contributed by atoms with van der Waals surface area (Å²) in [4.78, 5) is 13.4. The number of aliphatic hydroxyl groups is 1. The Balaban J connectivity index is 1.85. The number of ether oxygens (including phenoxy) is 1. The largest absolute Gasteiger partial charge is 0.495 e. The first kappa shape index (κ1) is 21.8. The fraction of sp³-hybridized carbons (Fsp3) is 0.409. The highest BCUT2D eigenvalue weighted by Gasteiger charge is 2.32. The predicted molar refractivity (Wildman–Crippen MR) is 112 cm³/mol. The van der Waals surface area contributed by atoms with E-state index < -0.39 is 17.8 Å². The number of imidazole rings is 1. The van der Waals surface area contributed by atoms with Crippen LogP contribution in [0.25, 0.3) is 11.0 Å². The Morgan fingerprint density at radius 2 is 1.81 bits per heavy atom. The van der Waals surface area contributed by atoms with E-state index in [1.54, 1.807) is 22.8 Å². The Morgan fingerprint density at radius 3 is 2.42 bits per heavy atom. The lowest BCUT2D eigenvalue weighted by Crippen LogP contribution is -2.31. The van der Waals surface area contributed by atoms with E-state index in [-0.39, 0.29) is 23.8 Å². The van der Waals surface area contributed by atoms with Gasteiger partial charge < -0.3 is 9.84 Å². The van der Waals surface area contributed by atoms with E-state index in [2.05, 4.69) is 0 Å². The zero-order valence-electron chi connectivity index (χ0n) is 16.8. The lowest BCUT2D eigenvalue weighted by molar-refractivity contribution is -0.137. The molecule has 0 bridgehead atoms. The SMILES string of the molecule is COc1ccc(Cn2c(=O)n([C@H]3CC[C@H](O)CC3)c3ccc(C(F)(F)F)cc32)cc1Cl. The van der Waals surface area contributed by atoms with Crippen LogP contribution in [0.1, 0.15) is 42.9 Å². The third kappa shape index (κ3) is 4.19. The normalized spacial score (nSPS) is 19.7. The van der Waals surface area contributed by atoms with E-state index in [4.69, 9.17) is 16.3 Å².